The molecule has 0 atom stereocenters. The summed E-state index contributed by atoms with van der Waals surface area (Å²) in [5.41, 5.74) is 2.84. The maximum atomic E-state index is 12.4. The number of carbonyl (C=O) groups excluding carboxylic acids is 1. The molecule has 0 bridgehead atoms. The van der Waals surface area contributed by atoms with Gasteiger partial charge in [-0.2, -0.15) is 0 Å². The fraction of sp³-hybridized carbons (Fsp3) is 0.118. The molecule has 0 saturated heterocycles. The zero-order valence-corrected chi connectivity index (χ0v) is 12.2. The molecule has 2 aromatic rings. The van der Waals surface area contributed by atoms with Crippen molar-refractivity contribution in [3.05, 3.63) is 58.0 Å². The molecule has 2 aliphatic heterocycles. The van der Waals surface area contributed by atoms with Gasteiger partial charge in [-0.3, -0.25) is 4.79 Å². The number of benzene rings is 2. The lowest BCUT2D eigenvalue weighted by Crippen LogP contribution is -1.94. The van der Waals surface area contributed by atoms with Crippen LogP contribution in [0.15, 0.2) is 46.2 Å². The molecule has 0 N–H and O–H groups in total. The first-order chi connectivity index (χ1) is 10.2. The lowest BCUT2D eigenvalue weighted by Gasteiger charge is -2.04. The fourth-order valence-electron chi connectivity index (χ4n) is 2.49. The van der Waals surface area contributed by atoms with Crippen molar-refractivity contribution in [2.75, 3.05) is 6.79 Å². The Morgan fingerprint density at radius 1 is 1.14 bits per heavy atom. The van der Waals surface area contributed by atoms with Crippen molar-refractivity contribution >= 4 is 23.6 Å². The van der Waals surface area contributed by atoms with Gasteiger partial charge in [0, 0.05) is 10.5 Å². The van der Waals surface area contributed by atoms with Gasteiger partial charge in [-0.1, -0.05) is 23.9 Å². The Morgan fingerprint density at radius 3 is 2.71 bits per heavy atom. The van der Waals surface area contributed by atoms with E-state index in [1.54, 1.807) is 0 Å². The van der Waals surface area contributed by atoms with E-state index >= 15 is 0 Å². The zero-order chi connectivity index (χ0) is 14.4. The summed E-state index contributed by atoms with van der Waals surface area (Å²) < 4.78 is 10.8. The summed E-state index contributed by atoms with van der Waals surface area (Å²) in [6.07, 6.45) is 1.93. The van der Waals surface area contributed by atoms with Crippen LogP contribution in [-0.4, -0.2) is 12.6 Å². The highest BCUT2D eigenvalue weighted by atomic mass is 32.2. The quantitative estimate of drug-likeness (QED) is 0.744. The van der Waals surface area contributed by atoms with Gasteiger partial charge in [-0.25, -0.2) is 0 Å². The van der Waals surface area contributed by atoms with Gasteiger partial charge in [0.15, 0.2) is 11.5 Å². The van der Waals surface area contributed by atoms with E-state index in [9.17, 15) is 4.79 Å². The second-order valence-electron chi connectivity index (χ2n) is 5.00. The maximum Gasteiger partial charge on any atom is 0.231 e. The summed E-state index contributed by atoms with van der Waals surface area (Å²) in [5.74, 6) is 1.59. The first kappa shape index (κ1) is 12.5. The number of allylic oxidation sites excluding steroid dienone is 1. The van der Waals surface area contributed by atoms with Gasteiger partial charge in [0.05, 0.1) is 4.91 Å². The number of carbonyl (C=O) groups is 1. The van der Waals surface area contributed by atoms with Gasteiger partial charge in [0.25, 0.3) is 0 Å². The molecular weight excluding hydrogens is 284 g/mol. The fourth-order valence-corrected chi connectivity index (χ4v) is 3.53. The maximum absolute atomic E-state index is 12.4. The van der Waals surface area contributed by atoms with Gasteiger partial charge < -0.3 is 9.47 Å². The Labute approximate surface area is 126 Å². The van der Waals surface area contributed by atoms with Gasteiger partial charge >= 0.3 is 0 Å². The average Bonchev–Trinajstić information content (AvgIpc) is 3.05. The van der Waals surface area contributed by atoms with Gasteiger partial charge in [-0.15, -0.1) is 0 Å². The van der Waals surface area contributed by atoms with Crippen LogP contribution < -0.4 is 9.47 Å². The second-order valence-corrected chi connectivity index (χ2v) is 6.08. The molecule has 2 heterocycles. The van der Waals surface area contributed by atoms with Crippen molar-refractivity contribution in [1.29, 1.82) is 0 Å². The van der Waals surface area contributed by atoms with E-state index in [-0.39, 0.29) is 12.6 Å². The Balaban J connectivity index is 1.75. The van der Waals surface area contributed by atoms with E-state index in [1.807, 2.05) is 49.4 Å². The Kier molecular flexibility index (Phi) is 2.79. The van der Waals surface area contributed by atoms with Gasteiger partial charge in [-0.05, 0) is 48.4 Å². The van der Waals surface area contributed by atoms with E-state index < -0.39 is 0 Å². The Hall–Kier alpha value is -2.20. The van der Waals surface area contributed by atoms with Crippen molar-refractivity contribution < 1.29 is 14.3 Å². The third kappa shape index (κ3) is 2.03. The summed E-state index contributed by atoms with van der Waals surface area (Å²) in [7, 11) is 0. The number of hydrogen-bond acceptors (Lipinski definition) is 4. The number of ether oxygens (including phenoxy) is 2. The monoisotopic (exact) mass is 296 g/mol. The molecule has 21 heavy (non-hydrogen) atoms. The van der Waals surface area contributed by atoms with Crippen molar-refractivity contribution in [3.63, 3.8) is 0 Å². The number of fused-ring (bicyclic) bond motifs is 2. The topological polar surface area (TPSA) is 35.5 Å². The number of rotatable bonds is 1. The van der Waals surface area contributed by atoms with Crippen LogP contribution in [0.5, 0.6) is 11.5 Å². The van der Waals surface area contributed by atoms with Crippen LogP contribution >= 0.6 is 11.8 Å². The molecule has 2 aliphatic rings. The molecule has 3 nitrogen and oxygen atoms in total. The summed E-state index contributed by atoms with van der Waals surface area (Å²) in [6.45, 7) is 2.26. The molecule has 0 amide bonds. The minimum absolute atomic E-state index is 0.0904. The van der Waals surface area contributed by atoms with Crippen molar-refractivity contribution in [2.24, 2.45) is 0 Å². The Morgan fingerprint density at radius 2 is 1.90 bits per heavy atom. The summed E-state index contributed by atoms with van der Waals surface area (Å²) in [6, 6.07) is 11.6. The van der Waals surface area contributed by atoms with Crippen LogP contribution in [0.1, 0.15) is 21.5 Å². The number of Topliss-reactive ketones (excluding diaryl/α,β-unsaturated/α-hetero) is 1. The molecule has 0 radical (unpaired) electrons. The van der Waals surface area contributed by atoms with Crippen LogP contribution in [0.25, 0.3) is 6.08 Å². The number of thioether (sulfide) groups is 1. The molecule has 0 fully saturated rings. The lowest BCUT2D eigenvalue weighted by atomic mass is 10.1. The van der Waals surface area contributed by atoms with E-state index in [1.165, 1.54) is 11.8 Å². The number of ketones is 1. The number of aryl methyl sites for hydroxylation is 1. The van der Waals surface area contributed by atoms with Gasteiger partial charge in [0.1, 0.15) is 0 Å². The minimum Gasteiger partial charge on any atom is -0.454 e. The van der Waals surface area contributed by atoms with Crippen LogP contribution in [0.4, 0.5) is 0 Å². The normalized spacial score (nSPS) is 17.4. The van der Waals surface area contributed by atoms with Crippen LogP contribution in [0.3, 0.4) is 0 Å². The molecular formula is C17H12O3S. The van der Waals surface area contributed by atoms with Crippen molar-refractivity contribution in [1.82, 2.24) is 0 Å². The predicted octanol–water partition coefficient (Wildman–Crippen LogP) is 4.05. The number of hydrogen-bond donors (Lipinski definition) is 0. The molecule has 4 heteroatoms. The molecule has 0 aliphatic carbocycles. The highest BCUT2D eigenvalue weighted by Gasteiger charge is 2.25. The second kappa shape index (κ2) is 4.67. The molecule has 104 valence electrons. The van der Waals surface area contributed by atoms with E-state index in [0.717, 1.165) is 38.0 Å². The third-order valence-electron chi connectivity index (χ3n) is 3.62. The Bertz CT molecular complexity index is 793. The van der Waals surface area contributed by atoms with Crippen molar-refractivity contribution in [3.8, 4) is 11.5 Å². The zero-order valence-electron chi connectivity index (χ0n) is 11.4. The molecule has 4 rings (SSSR count). The van der Waals surface area contributed by atoms with E-state index in [4.69, 9.17) is 9.47 Å². The van der Waals surface area contributed by atoms with Crippen LogP contribution in [-0.2, 0) is 0 Å². The van der Waals surface area contributed by atoms with Crippen molar-refractivity contribution in [2.45, 2.75) is 11.8 Å². The first-order valence-corrected chi connectivity index (χ1v) is 7.47. The molecule has 0 aromatic heterocycles. The standard InChI is InChI=1S/C17H12O3S/c1-10-6-13-14(20-9-19-13)7-11(10)8-16-17(18)12-4-2-3-5-15(12)21-16/h2-8H,9H2,1H3/b16-8-. The smallest absolute Gasteiger partial charge is 0.231 e. The molecule has 0 unspecified atom stereocenters. The first-order valence-electron chi connectivity index (χ1n) is 6.66. The highest BCUT2D eigenvalue weighted by molar-refractivity contribution is 8.04. The average molecular weight is 296 g/mol. The summed E-state index contributed by atoms with van der Waals surface area (Å²) in [5, 5.41) is 0. The molecule has 0 spiro atoms. The predicted molar refractivity (Wildman–Crippen MR) is 81.9 cm³/mol. The van der Waals surface area contributed by atoms with E-state index in [2.05, 4.69) is 0 Å². The highest BCUT2D eigenvalue weighted by Crippen LogP contribution is 2.42. The lowest BCUT2D eigenvalue weighted by molar-refractivity contribution is 0.104. The SMILES string of the molecule is Cc1cc2c(cc1/C=C1\Sc3ccccc3C1=O)OCO2. The largest absolute Gasteiger partial charge is 0.454 e. The molecule has 0 saturated carbocycles. The summed E-state index contributed by atoms with van der Waals surface area (Å²) >= 11 is 1.52. The molecule has 2 aromatic carbocycles. The van der Waals surface area contributed by atoms with Crippen LogP contribution in [0, 0.1) is 6.92 Å². The van der Waals surface area contributed by atoms with Gasteiger partial charge in [0.2, 0.25) is 12.6 Å². The minimum atomic E-state index is 0.0904. The van der Waals surface area contributed by atoms with E-state index in [0.29, 0.717) is 0 Å². The van der Waals surface area contributed by atoms with Crippen LogP contribution in [0.2, 0.25) is 0 Å². The third-order valence-corrected chi connectivity index (χ3v) is 4.72. The summed E-state index contributed by atoms with van der Waals surface area (Å²) in [4.78, 5) is 14.2.